The SMILES string of the molecule is Cc1ccccc1CCNC(=O)COC(=O)c1ccc(N2CCCC2=O)cc1. The lowest BCUT2D eigenvalue weighted by Gasteiger charge is -2.15. The summed E-state index contributed by atoms with van der Waals surface area (Å²) in [6, 6.07) is 14.7. The number of nitrogens with one attached hydrogen (secondary N) is 1. The number of nitrogens with zero attached hydrogens (tertiary/aromatic N) is 1. The van der Waals surface area contributed by atoms with E-state index >= 15 is 0 Å². The highest BCUT2D eigenvalue weighted by Gasteiger charge is 2.21. The topological polar surface area (TPSA) is 75.7 Å². The molecule has 3 rings (SSSR count). The van der Waals surface area contributed by atoms with Gasteiger partial charge in [0.1, 0.15) is 0 Å². The maximum Gasteiger partial charge on any atom is 0.338 e. The summed E-state index contributed by atoms with van der Waals surface area (Å²) < 4.78 is 5.07. The first-order valence-corrected chi connectivity index (χ1v) is 9.43. The Morgan fingerprint density at radius 1 is 1.11 bits per heavy atom. The average molecular weight is 380 g/mol. The number of ether oxygens (including phenoxy) is 1. The van der Waals surface area contributed by atoms with Gasteiger partial charge in [0.2, 0.25) is 5.91 Å². The monoisotopic (exact) mass is 380 g/mol. The Kier molecular flexibility index (Phi) is 6.42. The first kappa shape index (κ1) is 19.6. The number of carbonyl (C=O) groups is 3. The molecule has 146 valence electrons. The molecule has 2 aromatic rings. The van der Waals surface area contributed by atoms with Crippen LogP contribution < -0.4 is 10.2 Å². The molecule has 0 saturated carbocycles. The van der Waals surface area contributed by atoms with Gasteiger partial charge < -0.3 is 15.0 Å². The summed E-state index contributed by atoms with van der Waals surface area (Å²) in [6.45, 7) is 2.90. The van der Waals surface area contributed by atoms with Gasteiger partial charge >= 0.3 is 5.97 Å². The fraction of sp³-hybridized carbons (Fsp3) is 0.318. The third-order valence-corrected chi connectivity index (χ3v) is 4.80. The van der Waals surface area contributed by atoms with Crippen molar-refractivity contribution < 1.29 is 19.1 Å². The number of hydrogen-bond acceptors (Lipinski definition) is 4. The van der Waals surface area contributed by atoms with E-state index in [4.69, 9.17) is 4.74 Å². The maximum absolute atomic E-state index is 12.1. The Labute approximate surface area is 164 Å². The van der Waals surface area contributed by atoms with Crippen LogP contribution in [0.2, 0.25) is 0 Å². The number of anilines is 1. The van der Waals surface area contributed by atoms with Gasteiger partial charge in [-0.3, -0.25) is 9.59 Å². The van der Waals surface area contributed by atoms with E-state index in [1.54, 1.807) is 29.2 Å². The van der Waals surface area contributed by atoms with Crippen molar-refractivity contribution in [3.05, 3.63) is 65.2 Å². The minimum atomic E-state index is -0.562. The van der Waals surface area contributed by atoms with Crippen LogP contribution in [0, 0.1) is 6.92 Å². The maximum atomic E-state index is 12.1. The van der Waals surface area contributed by atoms with E-state index in [-0.39, 0.29) is 18.4 Å². The number of esters is 1. The van der Waals surface area contributed by atoms with Crippen molar-refractivity contribution in [2.45, 2.75) is 26.2 Å². The molecule has 0 unspecified atom stereocenters. The number of amides is 2. The summed E-state index contributed by atoms with van der Waals surface area (Å²) in [5.41, 5.74) is 3.48. The Balaban J connectivity index is 1.42. The first-order chi connectivity index (χ1) is 13.5. The van der Waals surface area contributed by atoms with Crippen molar-refractivity contribution in [2.75, 3.05) is 24.6 Å². The Morgan fingerprint density at radius 3 is 2.54 bits per heavy atom. The van der Waals surface area contributed by atoms with Crippen molar-refractivity contribution in [1.29, 1.82) is 0 Å². The molecule has 1 aliphatic heterocycles. The number of aryl methyl sites for hydroxylation is 1. The van der Waals surface area contributed by atoms with E-state index in [2.05, 4.69) is 5.32 Å². The molecule has 2 amide bonds. The first-order valence-electron chi connectivity index (χ1n) is 9.43. The van der Waals surface area contributed by atoms with Crippen LogP contribution in [0.4, 0.5) is 5.69 Å². The molecule has 0 aromatic heterocycles. The van der Waals surface area contributed by atoms with Gasteiger partial charge in [-0.2, -0.15) is 0 Å². The molecular formula is C22H24N2O4. The highest BCUT2D eigenvalue weighted by Crippen LogP contribution is 2.21. The smallest absolute Gasteiger partial charge is 0.338 e. The Morgan fingerprint density at radius 2 is 1.86 bits per heavy atom. The van der Waals surface area contributed by atoms with E-state index in [1.807, 2.05) is 31.2 Å². The summed E-state index contributed by atoms with van der Waals surface area (Å²) in [6.07, 6.45) is 2.13. The van der Waals surface area contributed by atoms with Crippen molar-refractivity contribution >= 4 is 23.5 Å². The zero-order valence-corrected chi connectivity index (χ0v) is 15.9. The van der Waals surface area contributed by atoms with Gasteiger partial charge in [-0.25, -0.2) is 4.79 Å². The predicted molar refractivity (Wildman–Crippen MR) is 106 cm³/mol. The van der Waals surface area contributed by atoms with Crippen LogP contribution >= 0.6 is 0 Å². The minimum absolute atomic E-state index is 0.0951. The lowest BCUT2D eigenvalue weighted by Crippen LogP contribution is -2.30. The van der Waals surface area contributed by atoms with Crippen LogP contribution in [0.25, 0.3) is 0 Å². The van der Waals surface area contributed by atoms with Crippen LogP contribution in [0.5, 0.6) is 0 Å². The third-order valence-electron chi connectivity index (χ3n) is 4.80. The quantitative estimate of drug-likeness (QED) is 0.750. The van der Waals surface area contributed by atoms with Crippen molar-refractivity contribution in [3.63, 3.8) is 0 Å². The average Bonchev–Trinajstić information content (AvgIpc) is 3.13. The van der Waals surface area contributed by atoms with Crippen LogP contribution in [-0.2, 0) is 20.7 Å². The predicted octanol–water partition coefficient (Wildman–Crippen LogP) is 2.64. The molecule has 6 heteroatoms. The number of hydrogen-bond donors (Lipinski definition) is 1. The molecular weight excluding hydrogens is 356 g/mol. The molecule has 1 aliphatic rings. The van der Waals surface area contributed by atoms with E-state index in [0.29, 0.717) is 25.1 Å². The van der Waals surface area contributed by atoms with Gasteiger partial charge in [-0.15, -0.1) is 0 Å². The summed E-state index contributed by atoms with van der Waals surface area (Å²) in [5.74, 6) is -0.799. The van der Waals surface area contributed by atoms with Gasteiger partial charge in [-0.1, -0.05) is 24.3 Å². The molecule has 0 aliphatic carbocycles. The van der Waals surface area contributed by atoms with Gasteiger partial charge in [0.05, 0.1) is 5.56 Å². The molecule has 0 bridgehead atoms. The van der Waals surface area contributed by atoms with Gasteiger partial charge in [0, 0.05) is 25.2 Å². The van der Waals surface area contributed by atoms with Crippen LogP contribution in [0.15, 0.2) is 48.5 Å². The Bertz CT molecular complexity index is 861. The lowest BCUT2D eigenvalue weighted by molar-refractivity contribution is -0.124. The van der Waals surface area contributed by atoms with E-state index in [0.717, 1.165) is 18.5 Å². The van der Waals surface area contributed by atoms with Crippen LogP contribution in [0.1, 0.15) is 34.3 Å². The van der Waals surface area contributed by atoms with Crippen molar-refractivity contribution in [1.82, 2.24) is 5.32 Å². The molecule has 6 nitrogen and oxygen atoms in total. The fourth-order valence-corrected chi connectivity index (χ4v) is 3.19. The van der Waals surface area contributed by atoms with E-state index < -0.39 is 5.97 Å². The number of carbonyl (C=O) groups excluding carboxylic acids is 3. The van der Waals surface area contributed by atoms with E-state index in [9.17, 15) is 14.4 Å². The Hall–Kier alpha value is -3.15. The molecule has 1 saturated heterocycles. The molecule has 1 N–H and O–H groups in total. The molecule has 0 radical (unpaired) electrons. The van der Waals surface area contributed by atoms with Crippen molar-refractivity contribution in [2.24, 2.45) is 0 Å². The highest BCUT2D eigenvalue weighted by molar-refractivity contribution is 5.96. The fourth-order valence-electron chi connectivity index (χ4n) is 3.19. The highest BCUT2D eigenvalue weighted by atomic mass is 16.5. The summed E-state index contributed by atoms with van der Waals surface area (Å²) in [4.78, 5) is 37.5. The summed E-state index contributed by atoms with van der Waals surface area (Å²) in [7, 11) is 0. The molecule has 0 atom stereocenters. The molecule has 1 fully saturated rings. The summed E-state index contributed by atoms with van der Waals surface area (Å²) in [5, 5.41) is 2.76. The number of rotatable bonds is 7. The third kappa shape index (κ3) is 4.97. The second kappa shape index (κ2) is 9.17. The van der Waals surface area contributed by atoms with Crippen LogP contribution in [0.3, 0.4) is 0 Å². The minimum Gasteiger partial charge on any atom is -0.452 e. The normalized spacial score (nSPS) is 13.5. The second-order valence-corrected chi connectivity index (χ2v) is 6.80. The van der Waals surface area contributed by atoms with Gasteiger partial charge in [0.15, 0.2) is 6.61 Å². The number of benzene rings is 2. The van der Waals surface area contributed by atoms with Crippen LogP contribution in [-0.4, -0.2) is 37.5 Å². The summed E-state index contributed by atoms with van der Waals surface area (Å²) >= 11 is 0. The molecule has 2 aromatic carbocycles. The largest absolute Gasteiger partial charge is 0.452 e. The molecule has 28 heavy (non-hydrogen) atoms. The van der Waals surface area contributed by atoms with E-state index in [1.165, 1.54) is 11.1 Å². The lowest BCUT2D eigenvalue weighted by atomic mass is 10.1. The second-order valence-electron chi connectivity index (χ2n) is 6.80. The zero-order chi connectivity index (χ0) is 19.9. The zero-order valence-electron chi connectivity index (χ0n) is 15.9. The molecule has 0 spiro atoms. The van der Waals surface area contributed by atoms with Gasteiger partial charge in [0.25, 0.3) is 5.91 Å². The molecule has 1 heterocycles. The van der Waals surface area contributed by atoms with Gasteiger partial charge in [-0.05, 0) is 55.2 Å². The standard InChI is InChI=1S/C22H24N2O4/c1-16-5-2-3-6-17(16)12-13-23-20(25)15-28-22(27)18-8-10-19(11-9-18)24-14-4-7-21(24)26/h2-3,5-6,8-11H,4,7,12-15H2,1H3,(H,23,25). The van der Waals surface area contributed by atoms with Crippen molar-refractivity contribution in [3.8, 4) is 0 Å².